The van der Waals surface area contributed by atoms with Crippen molar-refractivity contribution < 1.29 is 9.53 Å². The molecular formula is C15H21N3O2. The average molecular weight is 275 g/mol. The Bertz CT molecular complexity index is 463. The van der Waals surface area contributed by atoms with Crippen LogP contribution in [0, 0.1) is 17.2 Å². The number of ether oxygens (including phenoxy) is 1. The molecule has 1 heterocycles. The van der Waals surface area contributed by atoms with Crippen molar-refractivity contribution in [1.82, 2.24) is 4.98 Å². The minimum absolute atomic E-state index is 0.140. The predicted molar refractivity (Wildman–Crippen MR) is 77.1 cm³/mol. The van der Waals surface area contributed by atoms with Crippen LogP contribution < -0.4 is 5.32 Å². The summed E-state index contributed by atoms with van der Waals surface area (Å²) in [6, 6.07) is 5.20. The van der Waals surface area contributed by atoms with Crippen LogP contribution in [0.5, 0.6) is 0 Å². The maximum Gasteiger partial charge on any atom is 0.227 e. The second-order valence-electron chi connectivity index (χ2n) is 5.15. The highest BCUT2D eigenvalue weighted by Gasteiger charge is 2.08. The van der Waals surface area contributed by atoms with Gasteiger partial charge >= 0.3 is 0 Å². The molecule has 20 heavy (non-hydrogen) atoms. The van der Waals surface area contributed by atoms with E-state index in [4.69, 9.17) is 10.00 Å². The van der Waals surface area contributed by atoms with Crippen LogP contribution in [0.2, 0.25) is 0 Å². The quantitative estimate of drug-likeness (QED) is 0.830. The summed E-state index contributed by atoms with van der Waals surface area (Å²) in [5.41, 5.74) is 0.467. The van der Waals surface area contributed by atoms with Gasteiger partial charge in [-0.3, -0.25) is 4.79 Å². The van der Waals surface area contributed by atoms with Crippen molar-refractivity contribution in [2.24, 2.45) is 5.92 Å². The first-order valence-corrected chi connectivity index (χ1v) is 6.79. The molecule has 1 rings (SSSR count). The molecule has 0 radical (unpaired) electrons. The minimum Gasteiger partial charge on any atom is -0.378 e. The largest absolute Gasteiger partial charge is 0.378 e. The van der Waals surface area contributed by atoms with Gasteiger partial charge in [0, 0.05) is 6.20 Å². The van der Waals surface area contributed by atoms with Crippen LogP contribution in [0.1, 0.15) is 39.2 Å². The second kappa shape index (κ2) is 8.28. The van der Waals surface area contributed by atoms with E-state index in [9.17, 15) is 4.79 Å². The van der Waals surface area contributed by atoms with Gasteiger partial charge in [-0.25, -0.2) is 4.98 Å². The number of pyridine rings is 1. The molecule has 0 saturated heterocycles. The minimum atomic E-state index is -0.140. The van der Waals surface area contributed by atoms with E-state index >= 15 is 0 Å². The molecule has 108 valence electrons. The summed E-state index contributed by atoms with van der Waals surface area (Å²) in [5, 5.41) is 11.3. The van der Waals surface area contributed by atoms with E-state index in [0.717, 1.165) is 6.42 Å². The first-order chi connectivity index (χ1) is 9.51. The van der Waals surface area contributed by atoms with Gasteiger partial charge in [-0.1, -0.05) is 13.8 Å². The maximum atomic E-state index is 11.7. The average Bonchev–Trinajstić information content (AvgIpc) is 2.38. The van der Waals surface area contributed by atoms with E-state index < -0.39 is 0 Å². The van der Waals surface area contributed by atoms with Gasteiger partial charge in [-0.2, -0.15) is 5.26 Å². The smallest absolute Gasteiger partial charge is 0.227 e. The van der Waals surface area contributed by atoms with Crippen molar-refractivity contribution in [3.63, 3.8) is 0 Å². The van der Waals surface area contributed by atoms with Crippen LogP contribution in [-0.2, 0) is 9.53 Å². The molecular weight excluding hydrogens is 254 g/mol. The zero-order chi connectivity index (χ0) is 15.0. The molecule has 5 nitrogen and oxygen atoms in total. The molecule has 1 amide bonds. The lowest BCUT2D eigenvalue weighted by atomic mass is 10.1. The first kappa shape index (κ1) is 16.1. The number of nitrogens with one attached hydrogen (secondary N) is 1. The van der Waals surface area contributed by atoms with Crippen molar-refractivity contribution in [3.05, 3.63) is 23.9 Å². The number of nitriles is 1. The number of aromatic nitrogens is 1. The van der Waals surface area contributed by atoms with E-state index in [1.165, 1.54) is 6.20 Å². The highest BCUT2D eigenvalue weighted by molar-refractivity contribution is 5.89. The number of carbonyl (C=O) groups excluding carboxylic acids is 1. The summed E-state index contributed by atoms with van der Waals surface area (Å²) in [4.78, 5) is 15.7. The van der Waals surface area contributed by atoms with Gasteiger partial charge in [0.2, 0.25) is 5.91 Å². The van der Waals surface area contributed by atoms with Gasteiger partial charge < -0.3 is 10.1 Å². The van der Waals surface area contributed by atoms with E-state index in [1.54, 1.807) is 12.1 Å². The van der Waals surface area contributed by atoms with Crippen molar-refractivity contribution >= 4 is 11.7 Å². The molecule has 1 aromatic rings. The lowest BCUT2D eigenvalue weighted by Gasteiger charge is -2.14. The molecule has 0 aliphatic rings. The normalized spacial score (nSPS) is 11.9. The van der Waals surface area contributed by atoms with Crippen molar-refractivity contribution in [3.8, 4) is 6.07 Å². The van der Waals surface area contributed by atoms with Crippen molar-refractivity contribution in [2.45, 2.75) is 39.7 Å². The zero-order valence-electron chi connectivity index (χ0n) is 12.2. The van der Waals surface area contributed by atoms with E-state index in [2.05, 4.69) is 24.1 Å². The first-order valence-electron chi connectivity index (χ1n) is 6.79. The van der Waals surface area contributed by atoms with Gasteiger partial charge in [-0.05, 0) is 31.4 Å². The topological polar surface area (TPSA) is 75.0 Å². The summed E-state index contributed by atoms with van der Waals surface area (Å²) in [6.07, 6.45) is 2.87. The zero-order valence-corrected chi connectivity index (χ0v) is 12.2. The fourth-order valence-electron chi connectivity index (χ4n) is 1.82. The number of amides is 1. The van der Waals surface area contributed by atoms with Crippen LogP contribution in [0.4, 0.5) is 5.82 Å². The molecule has 0 aliphatic heterocycles. The van der Waals surface area contributed by atoms with Gasteiger partial charge in [0.25, 0.3) is 0 Å². The van der Waals surface area contributed by atoms with Crippen molar-refractivity contribution in [2.75, 3.05) is 11.9 Å². The highest BCUT2D eigenvalue weighted by Crippen LogP contribution is 2.08. The summed E-state index contributed by atoms with van der Waals surface area (Å²) in [6.45, 7) is 6.70. The Kier molecular flexibility index (Phi) is 6.68. The van der Waals surface area contributed by atoms with Gasteiger partial charge in [-0.15, -0.1) is 0 Å². The van der Waals surface area contributed by atoms with E-state index in [0.29, 0.717) is 30.3 Å². The SMILES string of the molecule is CC(C)C[C@@H](C)OCCC(=O)Nc1ccc(C#N)cn1. The number of anilines is 1. The molecule has 5 heteroatoms. The van der Waals surface area contributed by atoms with Crippen LogP contribution in [-0.4, -0.2) is 23.6 Å². The number of hydrogen-bond acceptors (Lipinski definition) is 4. The van der Waals surface area contributed by atoms with Gasteiger partial charge in [0.15, 0.2) is 0 Å². The van der Waals surface area contributed by atoms with Crippen LogP contribution in [0.15, 0.2) is 18.3 Å². The van der Waals surface area contributed by atoms with Gasteiger partial charge in [0.1, 0.15) is 11.9 Å². The molecule has 0 aliphatic carbocycles. The highest BCUT2D eigenvalue weighted by atomic mass is 16.5. The maximum absolute atomic E-state index is 11.7. The Hall–Kier alpha value is -1.93. The summed E-state index contributed by atoms with van der Waals surface area (Å²) in [5.74, 6) is 0.893. The monoisotopic (exact) mass is 275 g/mol. The Balaban J connectivity index is 2.28. The molecule has 0 bridgehead atoms. The Morgan fingerprint density at radius 3 is 2.75 bits per heavy atom. The van der Waals surface area contributed by atoms with Crippen LogP contribution in [0.25, 0.3) is 0 Å². The third-order valence-corrected chi connectivity index (χ3v) is 2.69. The summed E-state index contributed by atoms with van der Waals surface area (Å²) >= 11 is 0. The molecule has 1 N–H and O–H groups in total. The fourth-order valence-corrected chi connectivity index (χ4v) is 1.82. The van der Waals surface area contributed by atoms with Crippen LogP contribution >= 0.6 is 0 Å². The third-order valence-electron chi connectivity index (χ3n) is 2.69. The Labute approximate surface area is 120 Å². The Morgan fingerprint density at radius 1 is 1.45 bits per heavy atom. The number of nitrogens with zero attached hydrogens (tertiary/aromatic N) is 2. The standard InChI is InChI=1S/C15H21N3O2/c1-11(2)8-12(3)20-7-6-15(19)18-14-5-4-13(9-16)10-17-14/h4-5,10-12H,6-8H2,1-3H3,(H,17,18,19)/t12-/m1/s1. The molecule has 1 aromatic heterocycles. The second-order valence-corrected chi connectivity index (χ2v) is 5.15. The van der Waals surface area contributed by atoms with Gasteiger partial charge in [0.05, 0.1) is 24.7 Å². The van der Waals surface area contributed by atoms with E-state index in [-0.39, 0.29) is 12.0 Å². The van der Waals surface area contributed by atoms with Crippen LogP contribution in [0.3, 0.4) is 0 Å². The number of hydrogen-bond donors (Lipinski definition) is 1. The van der Waals surface area contributed by atoms with Crippen molar-refractivity contribution in [1.29, 1.82) is 5.26 Å². The lowest BCUT2D eigenvalue weighted by molar-refractivity contribution is -0.117. The molecule has 1 atom stereocenters. The molecule has 0 fully saturated rings. The molecule has 0 saturated carbocycles. The number of carbonyl (C=O) groups is 1. The number of rotatable bonds is 7. The summed E-state index contributed by atoms with van der Waals surface area (Å²) < 4.78 is 5.57. The molecule has 0 spiro atoms. The van der Waals surface area contributed by atoms with E-state index in [1.807, 2.05) is 13.0 Å². The summed E-state index contributed by atoms with van der Waals surface area (Å²) in [7, 11) is 0. The predicted octanol–water partition coefficient (Wildman–Crippen LogP) is 2.73. The Morgan fingerprint density at radius 2 is 2.20 bits per heavy atom. The fraction of sp³-hybridized carbons (Fsp3) is 0.533. The molecule has 0 unspecified atom stereocenters. The third kappa shape index (κ3) is 6.30. The molecule has 0 aromatic carbocycles. The lowest BCUT2D eigenvalue weighted by Crippen LogP contribution is -2.18.